The number of hydrogen-bond acceptors (Lipinski definition) is 3. The minimum Gasteiger partial charge on any atom is -0.362 e. The van der Waals surface area contributed by atoms with Crippen LogP contribution in [0.2, 0.25) is 0 Å². The molecule has 1 heterocycles. The highest BCUT2D eigenvalue weighted by molar-refractivity contribution is 6.18. The maximum absolute atomic E-state index is 12.3. The number of aromatic nitrogens is 2. The highest BCUT2D eigenvalue weighted by Gasteiger charge is 2.28. The fraction of sp³-hybridized carbons (Fsp3) is 0.714. The van der Waals surface area contributed by atoms with Crippen LogP contribution in [0.25, 0.3) is 0 Å². The standard InChI is InChI=1S/C14H20ClN3O/c15-9-10-3-1-2-4-12(10)17-13-14(19)18(8-7-16-13)11-5-6-11/h7-8,10-12H,1-6,9H2,(H,16,17). The second kappa shape index (κ2) is 5.53. The Morgan fingerprint density at radius 1 is 1.32 bits per heavy atom. The first-order chi connectivity index (χ1) is 9.29. The Kier molecular flexibility index (Phi) is 3.78. The lowest BCUT2D eigenvalue weighted by molar-refractivity contribution is 0.352. The van der Waals surface area contributed by atoms with Crippen molar-refractivity contribution in [3.63, 3.8) is 0 Å². The molecule has 1 aromatic rings. The third kappa shape index (κ3) is 2.78. The van der Waals surface area contributed by atoms with Crippen molar-refractivity contribution in [1.82, 2.24) is 9.55 Å². The monoisotopic (exact) mass is 281 g/mol. The molecule has 2 aliphatic rings. The largest absolute Gasteiger partial charge is 0.362 e. The summed E-state index contributed by atoms with van der Waals surface area (Å²) in [5.74, 6) is 1.60. The highest BCUT2D eigenvalue weighted by Crippen LogP contribution is 2.33. The summed E-state index contributed by atoms with van der Waals surface area (Å²) < 4.78 is 1.81. The van der Waals surface area contributed by atoms with Crippen LogP contribution in [0.3, 0.4) is 0 Å². The van der Waals surface area contributed by atoms with Crippen molar-refractivity contribution in [3.05, 3.63) is 22.7 Å². The van der Waals surface area contributed by atoms with Gasteiger partial charge in [0.05, 0.1) is 0 Å². The number of nitrogens with zero attached hydrogens (tertiary/aromatic N) is 2. The van der Waals surface area contributed by atoms with Crippen LogP contribution >= 0.6 is 11.6 Å². The van der Waals surface area contributed by atoms with Crippen molar-refractivity contribution in [2.24, 2.45) is 5.92 Å². The van der Waals surface area contributed by atoms with Gasteiger partial charge in [-0.05, 0) is 31.6 Å². The molecule has 104 valence electrons. The molecular weight excluding hydrogens is 262 g/mol. The molecule has 2 atom stereocenters. The summed E-state index contributed by atoms with van der Waals surface area (Å²) in [6.45, 7) is 0. The molecule has 3 rings (SSSR count). The van der Waals surface area contributed by atoms with Gasteiger partial charge >= 0.3 is 0 Å². The normalized spacial score (nSPS) is 27.2. The van der Waals surface area contributed by atoms with Crippen molar-refractivity contribution in [2.75, 3.05) is 11.2 Å². The Labute approximate surface area is 118 Å². The van der Waals surface area contributed by atoms with Crippen LogP contribution in [0.15, 0.2) is 17.2 Å². The number of alkyl halides is 1. The van der Waals surface area contributed by atoms with Gasteiger partial charge in [-0.15, -0.1) is 11.6 Å². The van der Waals surface area contributed by atoms with Gasteiger partial charge in [0.1, 0.15) is 0 Å². The smallest absolute Gasteiger partial charge is 0.293 e. The Bertz CT molecular complexity index is 498. The van der Waals surface area contributed by atoms with Crippen LogP contribution in [0.4, 0.5) is 5.82 Å². The van der Waals surface area contributed by atoms with E-state index < -0.39 is 0 Å². The van der Waals surface area contributed by atoms with Gasteiger partial charge in [0.2, 0.25) is 0 Å². The molecule has 0 amide bonds. The lowest BCUT2D eigenvalue weighted by Crippen LogP contribution is -2.36. The van der Waals surface area contributed by atoms with Crippen molar-refractivity contribution in [2.45, 2.75) is 50.6 Å². The quantitative estimate of drug-likeness (QED) is 0.864. The van der Waals surface area contributed by atoms with E-state index in [1.165, 1.54) is 12.8 Å². The molecule has 1 N–H and O–H groups in total. The van der Waals surface area contributed by atoms with Gasteiger partial charge in [-0.3, -0.25) is 4.79 Å². The minimum atomic E-state index is 0.0175. The average Bonchev–Trinajstić information content (AvgIpc) is 3.26. The number of anilines is 1. The Hall–Kier alpha value is -1.03. The second-order valence-corrected chi connectivity index (χ2v) is 5.98. The first-order valence-electron chi connectivity index (χ1n) is 7.19. The van der Waals surface area contributed by atoms with Crippen LogP contribution in [0, 0.1) is 5.92 Å². The molecule has 2 fully saturated rings. The highest BCUT2D eigenvalue weighted by atomic mass is 35.5. The SMILES string of the molecule is O=c1c(NC2CCCCC2CCl)nccn1C1CC1. The van der Waals surface area contributed by atoms with E-state index in [1.807, 2.05) is 4.57 Å². The first kappa shape index (κ1) is 13.0. The van der Waals surface area contributed by atoms with Crippen molar-refractivity contribution in [1.29, 1.82) is 0 Å². The molecule has 0 spiro atoms. The van der Waals surface area contributed by atoms with Crippen molar-refractivity contribution >= 4 is 17.4 Å². The zero-order valence-electron chi connectivity index (χ0n) is 11.0. The van der Waals surface area contributed by atoms with Gasteiger partial charge in [-0.1, -0.05) is 12.8 Å². The van der Waals surface area contributed by atoms with E-state index in [-0.39, 0.29) is 5.56 Å². The van der Waals surface area contributed by atoms with Crippen LogP contribution in [-0.4, -0.2) is 21.5 Å². The molecule has 0 aliphatic heterocycles. The Morgan fingerprint density at radius 3 is 2.84 bits per heavy atom. The molecule has 0 radical (unpaired) electrons. The second-order valence-electron chi connectivity index (χ2n) is 5.67. The number of halogens is 1. The summed E-state index contributed by atoms with van der Waals surface area (Å²) in [5, 5.41) is 3.34. The molecule has 4 nitrogen and oxygen atoms in total. The summed E-state index contributed by atoms with van der Waals surface area (Å²) >= 11 is 6.03. The van der Waals surface area contributed by atoms with E-state index in [0.717, 1.165) is 25.7 Å². The number of rotatable bonds is 4. The van der Waals surface area contributed by atoms with Crippen LogP contribution < -0.4 is 10.9 Å². The predicted molar refractivity (Wildman–Crippen MR) is 76.9 cm³/mol. The Morgan fingerprint density at radius 2 is 2.11 bits per heavy atom. The average molecular weight is 282 g/mol. The molecule has 0 bridgehead atoms. The van der Waals surface area contributed by atoms with Crippen LogP contribution in [0.5, 0.6) is 0 Å². The van der Waals surface area contributed by atoms with Gasteiger partial charge in [-0.25, -0.2) is 4.98 Å². The summed E-state index contributed by atoms with van der Waals surface area (Å²) in [5.41, 5.74) is 0.0175. The fourth-order valence-electron chi connectivity index (χ4n) is 2.92. The molecule has 0 aromatic carbocycles. The molecule has 5 heteroatoms. The minimum absolute atomic E-state index is 0.0175. The zero-order valence-corrected chi connectivity index (χ0v) is 11.8. The van der Waals surface area contributed by atoms with Gasteiger partial charge in [0.25, 0.3) is 5.56 Å². The molecule has 19 heavy (non-hydrogen) atoms. The lowest BCUT2D eigenvalue weighted by atomic mass is 9.86. The van der Waals surface area contributed by atoms with Crippen molar-refractivity contribution in [3.8, 4) is 0 Å². The van der Waals surface area contributed by atoms with Crippen LogP contribution in [0.1, 0.15) is 44.6 Å². The predicted octanol–water partition coefficient (Wildman–Crippen LogP) is 2.79. The zero-order chi connectivity index (χ0) is 13.2. The third-order valence-corrected chi connectivity index (χ3v) is 4.63. The summed E-state index contributed by atoms with van der Waals surface area (Å²) in [6, 6.07) is 0.688. The molecular formula is C14H20ClN3O. The van der Waals surface area contributed by atoms with Crippen LogP contribution in [-0.2, 0) is 0 Å². The lowest BCUT2D eigenvalue weighted by Gasteiger charge is -2.31. The summed E-state index contributed by atoms with van der Waals surface area (Å²) in [6.07, 6.45) is 10.4. The third-order valence-electron chi connectivity index (χ3n) is 4.24. The van der Waals surface area contributed by atoms with E-state index >= 15 is 0 Å². The molecule has 0 saturated heterocycles. The van der Waals surface area contributed by atoms with Gasteiger partial charge in [0.15, 0.2) is 5.82 Å². The summed E-state index contributed by atoms with van der Waals surface area (Å²) in [4.78, 5) is 16.5. The van der Waals surface area contributed by atoms with Crippen molar-refractivity contribution < 1.29 is 0 Å². The molecule has 2 aliphatic carbocycles. The van der Waals surface area contributed by atoms with Gasteiger partial charge < -0.3 is 9.88 Å². The van der Waals surface area contributed by atoms with E-state index in [9.17, 15) is 4.79 Å². The topological polar surface area (TPSA) is 46.9 Å². The molecule has 1 aromatic heterocycles. The molecule has 2 unspecified atom stereocenters. The molecule has 2 saturated carbocycles. The van der Waals surface area contributed by atoms with Gasteiger partial charge in [0, 0.05) is 30.4 Å². The van der Waals surface area contributed by atoms with E-state index in [2.05, 4.69) is 10.3 Å². The first-order valence-corrected chi connectivity index (χ1v) is 7.72. The maximum atomic E-state index is 12.3. The Balaban J connectivity index is 1.78. The fourth-order valence-corrected chi connectivity index (χ4v) is 3.29. The van der Waals surface area contributed by atoms with E-state index in [1.54, 1.807) is 12.4 Å². The van der Waals surface area contributed by atoms with E-state index in [4.69, 9.17) is 11.6 Å². The maximum Gasteiger partial charge on any atom is 0.293 e. The summed E-state index contributed by atoms with van der Waals surface area (Å²) in [7, 11) is 0. The van der Waals surface area contributed by atoms with Gasteiger partial charge in [-0.2, -0.15) is 0 Å². The van der Waals surface area contributed by atoms with E-state index in [0.29, 0.717) is 29.7 Å². The number of hydrogen-bond donors (Lipinski definition) is 1. The number of nitrogens with one attached hydrogen (secondary N) is 1.